The van der Waals surface area contributed by atoms with Gasteiger partial charge in [0.25, 0.3) is 5.91 Å². The smallest absolute Gasteiger partial charge is 0.259 e. The highest BCUT2D eigenvalue weighted by Crippen LogP contribution is 2.42. The summed E-state index contributed by atoms with van der Waals surface area (Å²) >= 11 is 0. The number of carbonyl (C=O) groups excluding carboxylic acids is 1. The molecule has 1 aliphatic heterocycles. The van der Waals surface area contributed by atoms with Crippen LogP contribution in [0.4, 0.5) is 5.69 Å². The molecule has 172 valence electrons. The third-order valence-corrected chi connectivity index (χ3v) is 7.27. The Bertz CT molecular complexity index is 1320. The molecule has 33 heavy (non-hydrogen) atoms. The maximum absolute atomic E-state index is 13.3. The van der Waals surface area contributed by atoms with E-state index in [1.807, 2.05) is 13.0 Å². The normalized spacial score (nSPS) is 12.8. The molecule has 0 saturated carbocycles. The van der Waals surface area contributed by atoms with E-state index in [-0.39, 0.29) is 28.5 Å². The van der Waals surface area contributed by atoms with Crippen LogP contribution in [0.5, 0.6) is 28.7 Å². The summed E-state index contributed by atoms with van der Waals surface area (Å²) in [4.78, 5) is 12.8. The second-order valence-electron chi connectivity index (χ2n) is 7.55. The van der Waals surface area contributed by atoms with Gasteiger partial charge < -0.3 is 19.5 Å². The zero-order valence-electron chi connectivity index (χ0n) is 18.7. The van der Waals surface area contributed by atoms with Gasteiger partial charge in [-0.2, -0.15) is 0 Å². The molecule has 9 heteroatoms. The third-order valence-electron chi connectivity index (χ3n) is 5.31. The molecule has 0 saturated heterocycles. The number of nitrogens with one attached hydrogen (secondary N) is 1. The predicted molar refractivity (Wildman–Crippen MR) is 124 cm³/mol. The van der Waals surface area contributed by atoms with Crippen LogP contribution in [0.3, 0.4) is 0 Å². The predicted octanol–water partition coefficient (Wildman–Crippen LogP) is 4.79. The summed E-state index contributed by atoms with van der Waals surface area (Å²) in [6, 6.07) is 14.9. The van der Waals surface area contributed by atoms with E-state index in [0.717, 1.165) is 5.56 Å². The number of rotatable bonds is 6. The molecule has 4 rings (SSSR count). The van der Waals surface area contributed by atoms with Gasteiger partial charge in [-0.3, -0.25) is 4.79 Å². The molecule has 1 amide bonds. The molecule has 3 aromatic rings. The first-order chi connectivity index (χ1) is 15.7. The van der Waals surface area contributed by atoms with Crippen molar-refractivity contribution in [2.45, 2.75) is 18.7 Å². The molecule has 0 bridgehead atoms. The highest BCUT2D eigenvalue weighted by molar-refractivity contribution is 7.89. The van der Waals surface area contributed by atoms with Crippen LogP contribution in [0.25, 0.3) is 0 Å². The lowest BCUT2D eigenvalue weighted by Crippen LogP contribution is -2.27. The van der Waals surface area contributed by atoms with Crippen molar-refractivity contribution in [2.75, 3.05) is 26.0 Å². The Morgan fingerprint density at radius 3 is 2.36 bits per heavy atom. The van der Waals surface area contributed by atoms with E-state index in [9.17, 15) is 13.2 Å². The fourth-order valence-electron chi connectivity index (χ4n) is 3.33. The number of anilines is 1. The minimum atomic E-state index is -3.95. The molecule has 1 N–H and O–H groups in total. The van der Waals surface area contributed by atoms with Crippen LogP contribution in [-0.2, 0) is 10.0 Å². The van der Waals surface area contributed by atoms with Crippen molar-refractivity contribution in [3.8, 4) is 28.7 Å². The van der Waals surface area contributed by atoms with Crippen molar-refractivity contribution >= 4 is 21.6 Å². The second kappa shape index (κ2) is 8.76. The Labute approximate surface area is 192 Å². The highest BCUT2D eigenvalue weighted by Gasteiger charge is 2.30. The number of methoxy groups -OCH3 is 1. The maximum atomic E-state index is 13.3. The second-order valence-corrected chi connectivity index (χ2v) is 9.56. The van der Waals surface area contributed by atoms with E-state index in [0.29, 0.717) is 22.9 Å². The van der Waals surface area contributed by atoms with Gasteiger partial charge in [-0.1, -0.05) is 13.0 Å². The quantitative estimate of drug-likeness (QED) is 0.559. The standard InChI is InChI=1S/C24H24N2O6S/c1-5-26(3)33(28,29)23-13-18-21(14-22(23)31-17-9-7-16(30-4)8-10-17)32-20-11-6-15(2)12-19(20)25-24(18)27/h6-14H,5H2,1-4H3,(H,25,27). The zero-order chi connectivity index (χ0) is 23.8. The minimum Gasteiger partial charge on any atom is -0.497 e. The largest absolute Gasteiger partial charge is 0.497 e. The summed E-state index contributed by atoms with van der Waals surface area (Å²) in [7, 11) is -0.931. The molecule has 0 aromatic heterocycles. The van der Waals surface area contributed by atoms with Crippen molar-refractivity contribution in [1.29, 1.82) is 0 Å². The molecule has 0 radical (unpaired) electrons. The molecule has 0 spiro atoms. The van der Waals surface area contributed by atoms with Crippen molar-refractivity contribution in [3.05, 3.63) is 65.7 Å². The number of aryl methyl sites for hydroxylation is 1. The zero-order valence-corrected chi connectivity index (χ0v) is 19.5. The monoisotopic (exact) mass is 468 g/mol. The summed E-state index contributed by atoms with van der Waals surface area (Å²) in [5.74, 6) is 1.25. The number of sulfonamides is 1. The van der Waals surface area contributed by atoms with E-state index in [2.05, 4.69) is 5.32 Å². The molecule has 0 aliphatic carbocycles. The Morgan fingerprint density at radius 1 is 1.00 bits per heavy atom. The van der Waals surface area contributed by atoms with Gasteiger partial charge >= 0.3 is 0 Å². The van der Waals surface area contributed by atoms with Crippen molar-refractivity contribution in [2.24, 2.45) is 0 Å². The van der Waals surface area contributed by atoms with Gasteiger partial charge in [0.2, 0.25) is 10.0 Å². The summed E-state index contributed by atoms with van der Waals surface area (Å²) < 4.78 is 44.9. The molecule has 3 aromatic carbocycles. The average Bonchev–Trinajstić information content (AvgIpc) is 2.93. The van der Waals surface area contributed by atoms with E-state index in [1.165, 1.54) is 23.5 Å². The van der Waals surface area contributed by atoms with Gasteiger partial charge in [-0.15, -0.1) is 0 Å². The van der Waals surface area contributed by atoms with Gasteiger partial charge in [-0.25, -0.2) is 12.7 Å². The van der Waals surface area contributed by atoms with Crippen LogP contribution in [0, 0.1) is 6.92 Å². The summed E-state index contributed by atoms with van der Waals surface area (Å²) in [5.41, 5.74) is 1.54. The summed E-state index contributed by atoms with van der Waals surface area (Å²) in [5, 5.41) is 2.80. The van der Waals surface area contributed by atoms with Crippen LogP contribution in [-0.4, -0.2) is 39.3 Å². The Morgan fingerprint density at radius 2 is 1.70 bits per heavy atom. The summed E-state index contributed by atoms with van der Waals surface area (Å²) in [6.07, 6.45) is 0. The molecule has 0 atom stereocenters. The lowest BCUT2D eigenvalue weighted by atomic mass is 10.1. The van der Waals surface area contributed by atoms with Crippen LogP contribution in [0.1, 0.15) is 22.8 Å². The van der Waals surface area contributed by atoms with Gasteiger partial charge in [0, 0.05) is 19.7 Å². The molecule has 0 unspecified atom stereocenters. The topological polar surface area (TPSA) is 94.2 Å². The average molecular weight is 469 g/mol. The number of hydrogen-bond acceptors (Lipinski definition) is 6. The van der Waals surface area contributed by atoms with Crippen molar-refractivity contribution in [3.63, 3.8) is 0 Å². The number of amides is 1. The van der Waals surface area contributed by atoms with Gasteiger partial charge in [-0.05, 0) is 55.0 Å². The Hall–Kier alpha value is -3.56. The van der Waals surface area contributed by atoms with Crippen molar-refractivity contribution < 1.29 is 27.4 Å². The Kier molecular flexibility index (Phi) is 6.01. The van der Waals surface area contributed by atoms with E-state index in [1.54, 1.807) is 50.4 Å². The van der Waals surface area contributed by atoms with Crippen molar-refractivity contribution in [1.82, 2.24) is 4.31 Å². The third kappa shape index (κ3) is 4.37. The SMILES string of the molecule is CCN(C)S(=O)(=O)c1cc2c(cc1Oc1ccc(OC)cc1)Oc1ccc(C)cc1NC2=O. The molecule has 1 aliphatic rings. The molecule has 0 fully saturated rings. The first kappa shape index (κ1) is 22.6. The molecular formula is C24H24N2O6S. The van der Waals surface area contributed by atoms with Crippen LogP contribution in [0.2, 0.25) is 0 Å². The highest BCUT2D eigenvalue weighted by atomic mass is 32.2. The summed E-state index contributed by atoms with van der Waals surface area (Å²) in [6.45, 7) is 3.87. The maximum Gasteiger partial charge on any atom is 0.259 e. The molecule has 8 nitrogen and oxygen atoms in total. The van der Waals surface area contributed by atoms with Gasteiger partial charge in [0.15, 0.2) is 11.5 Å². The fourth-order valence-corrected chi connectivity index (χ4v) is 4.63. The number of hydrogen-bond donors (Lipinski definition) is 1. The van der Waals surface area contributed by atoms with E-state index >= 15 is 0 Å². The molecule has 1 heterocycles. The lowest BCUT2D eigenvalue weighted by molar-refractivity contribution is 0.102. The molecular weight excluding hydrogens is 444 g/mol. The number of fused-ring (bicyclic) bond motifs is 2. The number of carbonyl (C=O) groups is 1. The fraction of sp³-hybridized carbons (Fsp3) is 0.208. The lowest BCUT2D eigenvalue weighted by Gasteiger charge is -2.19. The number of nitrogens with zero attached hydrogens (tertiary/aromatic N) is 1. The number of benzene rings is 3. The van der Waals surface area contributed by atoms with E-state index in [4.69, 9.17) is 14.2 Å². The number of ether oxygens (including phenoxy) is 3. The Balaban J connectivity index is 1.87. The van der Waals surface area contributed by atoms with Crippen LogP contribution < -0.4 is 19.5 Å². The van der Waals surface area contributed by atoms with E-state index < -0.39 is 15.9 Å². The van der Waals surface area contributed by atoms with Gasteiger partial charge in [0.1, 0.15) is 22.1 Å². The van der Waals surface area contributed by atoms with Gasteiger partial charge in [0.05, 0.1) is 18.4 Å². The first-order valence-corrected chi connectivity index (χ1v) is 11.7. The first-order valence-electron chi connectivity index (χ1n) is 10.3. The minimum absolute atomic E-state index is 0.0441. The van der Waals surface area contributed by atoms with Crippen LogP contribution in [0.15, 0.2) is 59.5 Å². The van der Waals surface area contributed by atoms with Crippen LogP contribution >= 0.6 is 0 Å².